The Morgan fingerprint density at radius 1 is 1.26 bits per heavy atom. The normalized spacial score (nSPS) is 11.8. The number of hydrogen-bond acceptors (Lipinski definition) is 2. The van der Waals surface area contributed by atoms with Gasteiger partial charge in [-0.1, -0.05) is 19.9 Å². The van der Waals surface area contributed by atoms with Gasteiger partial charge in [-0.15, -0.1) is 35.9 Å². The summed E-state index contributed by atoms with van der Waals surface area (Å²) >= 11 is 0. The van der Waals surface area contributed by atoms with Crippen LogP contribution in [0.2, 0.25) is 0 Å². The first-order chi connectivity index (χ1) is 8.56. The van der Waals surface area contributed by atoms with E-state index in [4.69, 9.17) is 6.42 Å². The van der Waals surface area contributed by atoms with E-state index in [0.29, 0.717) is 18.7 Å². The van der Waals surface area contributed by atoms with E-state index in [2.05, 4.69) is 12.0 Å². The van der Waals surface area contributed by atoms with Crippen molar-refractivity contribution in [2.45, 2.75) is 13.8 Å². The summed E-state index contributed by atoms with van der Waals surface area (Å²) in [6, 6.07) is 8.98. The van der Waals surface area contributed by atoms with Crippen molar-refractivity contribution in [3.63, 3.8) is 0 Å². The van der Waals surface area contributed by atoms with Crippen molar-refractivity contribution in [2.24, 2.45) is 0 Å². The molecular weight excluding hydrogens is 253 g/mol. The molecule has 96 valence electrons. The maximum atomic E-state index is 12.2. The van der Waals surface area contributed by atoms with E-state index in [1.54, 1.807) is 38.1 Å². The number of allylic oxidation sites excluding steroid dienone is 1. The number of terminal acetylenes is 1. The number of sulfonamides is 1. The molecule has 0 heterocycles. The third-order valence-corrected chi connectivity index (χ3v) is 4.40. The summed E-state index contributed by atoms with van der Waals surface area (Å²) in [6.45, 7) is 4.33. The molecule has 0 saturated heterocycles. The van der Waals surface area contributed by atoms with Crippen LogP contribution in [0.3, 0.4) is 0 Å². The van der Waals surface area contributed by atoms with Crippen LogP contribution in [-0.2, 0) is 10.0 Å². The van der Waals surface area contributed by atoms with Gasteiger partial charge < -0.3 is 0 Å². The van der Waals surface area contributed by atoms with Crippen LogP contribution in [-0.4, -0.2) is 25.8 Å². The van der Waals surface area contributed by atoms with E-state index < -0.39 is 10.0 Å². The van der Waals surface area contributed by atoms with Gasteiger partial charge in [-0.05, 0) is 0 Å². The Balaban J connectivity index is 0.00000324. The predicted molar refractivity (Wildman–Crippen MR) is 73.0 cm³/mol. The monoisotopic (exact) mass is 269 g/mol. The fourth-order valence-corrected chi connectivity index (χ4v) is 2.85. The van der Waals surface area contributed by atoms with Crippen LogP contribution < -0.4 is 18.9 Å². The third kappa shape index (κ3) is 4.56. The van der Waals surface area contributed by atoms with Gasteiger partial charge in [0.15, 0.2) is 0 Å². The van der Waals surface area contributed by atoms with Crippen molar-refractivity contribution in [1.29, 1.82) is 0 Å². The molecule has 1 aromatic carbocycles. The summed E-state index contributed by atoms with van der Waals surface area (Å²) in [6.07, 6.45) is 8.07. The average Bonchev–Trinajstić information content (AvgIpc) is 2.38. The maximum absolute atomic E-state index is 12.2. The standard InChI is InChI=1S/C14H16NO2S.Li/c1-4-14(12-13-10-8-7-9-11-13)18(16,17)15(5-2)6-3;/h1,7-11H,5-6H2,2-3H3;/q-1;+1. The number of rotatable bonds is 5. The summed E-state index contributed by atoms with van der Waals surface area (Å²) in [7, 11) is -3.61. The van der Waals surface area contributed by atoms with Crippen LogP contribution in [0.25, 0.3) is 0 Å². The Hall–Kier alpha value is -0.973. The van der Waals surface area contributed by atoms with Crippen LogP contribution in [0.15, 0.2) is 35.2 Å². The predicted octanol–water partition coefficient (Wildman–Crippen LogP) is -0.969. The van der Waals surface area contributed by atoms with Gasteiger partial charge in [-0.3, -0.25) is 0 Å². The minimum absolute atomic E-state index is 0. The molecule has 0 aliphatic heterocycles. The quantitative estimate of drug-likeness (QED) is 0.392. The minimum atomic E-state index is -3.61. The van der Waals surface area contributed by atoms with Gasteiger partial charge >= 0.3 is 18.9 Å². The van der Waals surface area contributed by atoms with Crippen molar-refractivity contribution < 1.29 is 27.3 Å². The van der Waals surface area contributed by atoms with Gasteiger partial charge in [0, 0.05) is 18.0 Å². The zero-order chi connectivity index (χ0) is 13.6. The van der Waals surface area contributed by atoms with E-state index in [-0.39, 0.29) is 23.8 Å². The molecular formula is C14H16LiNO2S. The molecule has 19 heavy (non-hydrogen) atoms. The van der Waals surface area contributed by atoms with Gasteiger partial charge in [-0.25, -0.2) is 8.42 Å². The van der Waals surface area contributed by atoms with Crippen molar-refractivity contribution in [1.82, 2.24) is 4.31 Å². The molecule has 0 radical (unpaired) electrons. The van der Waals surface area contributed by atoms with Crippen molar-refractivity contribution >= 4 is 10.0 Å². The molecule has 0 aromatic heterocycles. The second-order valence-corrected chi connectivity index (χ2v) is 5.43. The van der Waals surface area contributed by atoms with Gasteiger partial charge in [0.05, 0.1) is 0 Å². The third-order valence-electron chi connectivity index (χ3n) is 2.47. The summed E-state index contributed by atoms with van der Waals surface area (Å²) in [5.41, 5.74) is 0.654. The Bertz CT molecular complexity index is 555. The summed E-state index contributed by atoms with van der Waals surface area (Å²) < 4.78 is 25.7. The molecule has 0 fully saturated rings. The molecule has 0 spiro atoms. The Labute approximate surface area is 127 Å². The molecule has 0 N–H and O–H groups in total. The fourth-order valence-electron chi connectivity index (χ4n) is 1.52. The zero-order valence-electron chi connectivity index (χ0n) is 11.6. The van der Waals surface area contributed by atoms with Crippen molar-refractivity contribution in [3.05, 3.63) is 46.9 Å². The molecule has 0 aliphatic rings. The Morgan fingerprint density at radius 2 is 1.79 bits per heavy atom. The van der Waals surface area contributed by atoms with Crippen LogP contribution in [0.4, 0.5) is 0 Å². The molecule has 1 rings (SSSR count). The molecule has 0 atom stereocenters. The van der Waals surface area contributed by atoms with Crippen LogP contribution in [0, 0.1) is 18.4 Å². The molecule has 0 saturated carbocycles. The van der Waals surface area contributed by atoms with E-state index >= 15 is 0 Å². The summed E-state index contributed by atoms with van der Waals surface area (Å²) in [4.78, 5) is -0.127. The first kappa shape index (κ1) is 18.0. The van der Waals surface area contributed by atoms with Gasteiger partial charge in [0.1, 0.15) is 0 Å². The van der Waals surface area contributed by atoms with E-state index in [0.717, 1.165) is 0 Å². The minimum Gasteiger partial charge on any atom is -0.208 e. The molecule has 0 amide bonds. The maximum Gasteiger partial charge on any atom is 1.00 e. The average molecular weight is 269 g/mol. The Morgan fingerprint density at radius 3 is 2.21 bits per heavy atom. The van der Waals surface area contributed by atoms with Crippen molar-refractivity contribution in [3.8, 4) is 12.3 Å². The molecule has 0 bridgehead atoms. The molecule has 0 unspecified atom stereocenters. The zero-order valence-corrected chi connectivity index (χ0v) is 12.4. The smallest absolute Gasteiger partial charge is 0.208 e. The first-order valence-electron chi connectivity index (χ1n) is 5.72. The van der Waals surface area contributed by atoms with Gasteiger partial charge in [-0.2, -0.15) is 16.6 Å². The van der Waals surface area contributed by atoms with E-state index in [1.165, 1.54) is 4.31 Å². The van der Waals surface area contributed by atoms with Crippen molar-refractivity contribution in [2.75, 3.05) is 13.1 Å². The molecule has 0 aliphatic carbocycles. The number of hydrogen-bond donors (Lipinski definition) is 0. The fraction of sp³-hybridized carbons (Fsp3) is 0.286. The second-order valence-electron chi connectivity index (χ2n) is 3.55. The molecule has 5 heteroatoms. The van der Waals surface area contributed by atoms with Crippen LogP contribution in [0.5, 0.6) is 0 Å². The first-order valence-corrected chi connectivity index (χ1v) is 7.16. The second kappa shape index (κ2) is 8.25. The largest absolute Gasteiger partial charge is 1.00 e. The van der Waals surface area contributed by atoms with E-state index in [1.807, 2.05) is 6.07 Å². The summed E-state index contributed by atoms with van der Waals surface area (Å²) in [5.74, 6) is 2.22. The van der Waals surface area contributed by atoms with Crippen LogP contribution in [0.1, 0.15) is 19.4 Å². The van der Waals surface area contributed by atoms with E-state index in [9.17, 15) is 8.42 Å². The molecule has 3 nitrogen and oxygen atoms in total. The Kier molecular flexibility index (Phi) is 7.83. The SMILES string of the molecule is C#CC(=[C-]c1ccccc1)S(=O)(=O)N(CC)CC.[Li+]. The van der Waals surface area contributed by atoms with Gasteiger partial charge in [0.2, 0.25) is 10.0 Å². The molecule has 1 aromatic rings. The summed E-state index contributed by atoms with van der Waals surface area (Å²) in [5, 5.41) is 0. The van der Waals surface area contributed by atoms with Crippen LogP contribution >= 0.6 is 0 Å². The number of benzene rings is 1. The number of nitrogens with zero attached hydrogens (tertiary/aromatic N) is 1. The topological polar surface area (TPSA) is 37.4 Å². The van der Waals surface area contributed by atoms with Gasteiger partial charge in [0.25, 0.3) is 0 Å².